The highest BCUT2D eigenvalue weighted by Gasteiger charge is 2.61. The van der Waals surface area contributed by atoms with Gasteiger partial charge in [-0.3, -0.25) is 4.79 Å². The van der Waals surface area contributed by atoms with Crippen molar-refractivity contribution < 1.29 is 24.2 Å². The summed E-state index contributed by atoms with van der Waals surface area (Å²) in [6.45, 7) is 7.47. The Labute approximate surface area is 106 Å². The van der Waals surface area contributed by atoms with Crippen LogP contribution in [-0.4, -0.2) is 29.9 Å². The largest absolute Gasteiger partial charge is 0.481 e. The van der Waals surface area contributed by atoms with Gasteiger partial charge in [0.25, 0.3) is 0 Å². The molecule has 1 aliphatic carbocycles. The van der Waals surface area contributed by atoms with Crippen LogP contribution in [-0.2, 0) is 19.1 Å². The number of carboxylic acid groups (broad SMARTS) is 1. The lowest BCUT2D eigenvalue weighted by molar-refractivity contribution is -0.166. The number of carbonyl (C=O) groups excluding carboxylic acids is 1. The lowest BCUT2D eigenvalue weighted by atomic mass is 10.1. The van der Waals surface area contributed by atoms with Gasteiger partial charge >= 0.3 is 11.9 Å². The molecule has 3 unspecified atom stereocenters. The van der Waals surface area contributed by atoms with Crippen LogP contribution in [0.4, 0.5) is 0 Å². The van der Waals surface area contributed by atoms with Crippen molar-refractivity contribution in [3.63, 3.8) is 0 Å². The van der Waals surface area contributed by atoms with Crippen molar-refractivity contribution in [1.82, 2.24) is 0 Å². The van der Waals surface area contributed by atoms with E-state index in [0.717, 1.165) is 0 Å². The van der Waals surface area contributed by atoms with Gasteiger partial charge in [0, 0.05) is 18.4 Å². The lowest BCUT2D eigenvalue weighted by Crippen LogP contribution is -2.16. The van der Waals surface area contributed by atoms with Crippen LogP contribution >= 0.6 is 0 Å². The summed E-state index contributed by atoms with van der Waals surface area (Å²) in [5.74, 6) is 2.60. The molecule has 0 aromatic rings. The Hall–Kier alpha value is -1.54. The summed E-state index contributed by atoms with van der Waals surface area (Å²) in [7, 11) is 0. The first-order valence-electron chi connectivity index (χ1n) is 5.87. The van der Waals surface area contributed by atoms with E-state index in [0.29, 0.717) is 6.61 Å². The number of hydrogen-bond donors (Lipinski definition) is 1. The third-order valence-electron chi connectivity index (χ3n) is 3.10. The topological polar surface area (TPSA) is 72.8 Å². The predicted octanol–water partition coefficient (Wildman–Crippen LogP) is 1.27. The summed E-state index contributed by atoms with van der Waals surface area (Å²) in [5, 5.41) is 8.94. The number of carboxylic acids is 1. The van der Waals surface area contributed by atoms with Crippen LogP contribution < -0.4 is 0 Å². The third-order valence-corrected chi connectivity index (χ3v) is 3.10. The van der Waals surface area contributed by atoms with Crippen LogP contribution in [0.2, 0.25) is 0 Å². The summed E-state index contributed by atoms with van der Waals surface area (Å²) in [4.78, 5) is 22.2. The third kappa shape index (κ3) is 3.23. The lowest BCUT2D eigenvalue weighted by Gasteiger charge is -2.09. The maximum Gasteiger partial charge on any atom is 0.386 e. The molecule has 18 heavy (non-hydrogen) atoms. The Kier molecular flexibility index (Phi) is 4.36. The van der Waals surface area contributed by atoms with Crippen LogP contribution in [0.5, 0.6) is 0 Å². The molecule has 3 atom stereocenters. The molecule has 0 saturated heterocycles. The highest BCUT2D eigenvalue weighted by Crippen LogP contribution is 2.57. The minimum Gasteiger partial charge on any atom is -0.481 e. The molecule has 0 radical (unpaired) electrons. The van der Waals surface area contributed by atoms with Crippen LogP contribution in [0, 0.1) is 29.1 Å². The SMILES string of the molecule is CCOC(C)OC(=O)C#CC1C(C(=O)O)C1(C)C. The number of aliphatic carboxylic acids is 1. The molecule has 0 aromatic heterocycles. The Morgan fingerprint density at radius 2 is 2.06 bits per heavy atom. The van der Waals surface area contributed by atoms with Gasteiger partial charge in [0.1, 0.15) is 0 Å². The second-order valence-corrected chi connectivity index (χ2v) is 4.81. The quantitative estimate of drug-likeness (QED) is 0.354. The molecule has 0 aromatic carbocycles. The molecule has 0 aliphatic heterocycles. The molecule has 0 amide bonds. The fourth-order valence-corrected chi connectivity index (χ4v) is 1.95. The molecule has 5 nitrogen and oxygen atoms in total. The molecular formula is C13H18O5. The van der Waals surface area contributed by atoms with Gasteiger partial charge in [-0.2, -0.15) is 0 Å². The van der Waals surface area contributed by atoms with Crippen LogP contribution in [0.15, 0.2) is 0 Å². The minimum atomic E-state index is -0.879. The van der Waals surface area contributed by atoms with Crippen LogP contribution in [0.25, 0.3) is 0 Å². The molecule has 1 saturated carbocycles. The van der Waals surface area contributed by atoms with E-state index in [2.05, 4.69) is 11.8 Å². The van der Waals surface area contributed by atoms with Crippen LogP contribution in [0.3, 0.4) is 0 Å². The summed E-state index contributed by atoms with van der Waals surface area (Å²) in [6.07, 6.45) is -0.640. The van der Waals surface area contributed by atoms with Gasteiger partial charge in [0.15, 0.2) is 0 Å². The molecule has 1 aliphatic rings. The fourth-order valence-electron chi connectivity index (χ4n) is 1.95. The summed E-state index contributed by atoms with van der Waals surface area (Å²) < 4.78 is 9.88. The fraction of sp³-hybridized carbons (Fsp3) is 0.692. The van der Waals surface area contributed by atoms with E-state index in [1.165, 1.54) is 0 Å². The van der Waals surface area contributed by atoms with Crippen molar-refractivity contribution in [1.29, 1.82) is 0 Å². The van der Waals surface area contributed by atoms with Gasteiger partial charge < -0.3 is 14.6 Å². The van der Waals surface area contributed by atoms with E-state index in [9.17, 15) is 9.59 Å². The highest BCUT2D eigenvalue weighted by molar-refractivity contribution is 5.89. The molecular weight excluding hydrogens is 236 g/mol. The molecule has 1 fully saturated rings. The Bertz CT molecular complexity index is 401. The Balaban J connectivity index is 2.52. The van der Waals surface area contributed by atoms with Crippen molar-refractivity contribution in [3.05, 3.63) is 0 Å². The van der Waals surface area contributed by atoms with E-state index >= 15 is 0 Å². The van der Waals surface area contributed by atoms with Gasteiger partial charge in [-0.05, 0) is 19.3 Å². The first-order chi connectivity index (χ1) is 8.30. The summed E-state index contributed by atoms with van der Waals surface area (Å²) in [5.41, 5.74) is -0.384. The zero-order valence-corrected chi connectivity index (χ0v) is 11.0. The van der Waals surface area contributed by atoms with Gasteiger partial charge in [-0.15, -0.1) is 0 Å². The second-order valence-electron chi connectivity index (χ2n) is 4.81. The van der Waals surface area contributed by atoms with Crippen molar-refractivity contribution in [2.45, 2.75) is 34.0 Å². The molecule has 5 heteroatoms. The Morgan fingerprint density at radius 3 is 2.50 bits per heavy atom. The number of ether oxygens (including phenoxy) is 2. The zero-order chi connectivity index (χ0) is 13.9. The number of carbonyl (C=O) groups is 2. The summed E-state index contributed by atoms with van der Waals surface area (Å²) >= 11 is 0. The molecule has 0 bridgehead atoms. The van der Waals surface area contributed by atoms with E-state index in [1.807, 2.05) is 13.8 Å². The second kappa shape index (κ2) is 5.40. The van der Waals surface area contributed by atoms with Crippen molar-refractivity contribution in [2.75, 3.05) is 6.61 Å². The smallest absolute Gasteiger partial charge is 0.386 e. The van der Waals surface area contributed by atoms with Gasteiger partial charge in [-0.1, -0.05) is 19.8 Å². The van der Waals surface area contributed by atoms with Crippen molar-refractivity contribution >= 4 is 11.9 Å². The monoisotopic (exact) mass is 254 g/mol. The zero-order valence-electron chi connectivity index (χ0n) is 11.0. The van der Waals surface area contributed by atoms with Crippen molar-refractivity contribution in [3.8, 4) is 11.8 Å². The molecule has 1 N–H and O–H groups in total. The predicted molar refractivity (Wildman–Crippen MR) is 63.4 cm³/mol. The average molecular weight is 254 g/mol. The van der Waals surface area contributed by atoms with Gasteiger partial charge in [-0.25, -0.2) is 4.79 Å². The molecule has 100 valence electrons. The van der Waals surface area contributed by atoms with Gasteiger partial charge in [0.05, 0.1) is 5.92 Å². The number of rotatable bonds is 4. The van der Waals surface area contributed by atoms with E-state index in [1.54, 1.807) is 13.8 Å². The van der Waals surface area contributed by atoms with Gasteiger partial charge in [0.2, 0.25) is 6.29 Å². The first-order valence-corrected chi connectivity index (χ1v) is 5.87. The maximum absolute atomic E-state index is 11.3. The molecule has 1 rings (SSSR count). The van der Waals surface area contributed by atoms with E-state index < -0.39 is 24.1 Å². The van der Waals surface area contributed by atoms with Crippen LogP contribution in [0.1, 0.15) is 27.7 Å². The first kappa shape index (κ1) is 14.5. The average Bonchev–Trinajstić information content (AvgIpc) is 2.78. The summed E-state index contributed by atoms with van der Waals surface area (Å²) in [6, 6.07) is 0. The Morgan fingerprint density at radius 1 is 1.44 bits per heavy atom. The van der Waals surface area contributed by atoms with Crippen molar-refractivity contribution in [2.24, 2.45) is 17.3 Å². The maximum atomic E-state index is 11.3. The molecule has 0 spiro atoms. The standard InChI is InChI=1S/C13H18O5/c1-5-17-8(2)18-10(14)7-6-9-11(12(15)16)13(9,3)4/h8-9,11H,5H2,1-4H3,(H,15,16). The molecule has 0 heterocycles. The highest BCUT2D eigenvalue weighted by atomic mass is 16.7. The normalized spacial score (nSPS) is 25.6. The minimum absolute atomic E-state index is 0.301. The number of hydrogen-bond acceptors (Lipinski definition) is 4. The number of esters is 1. The van der Waals surface area contributed by atoms with E-state index in [4.69, 9.17) is 14.6 Å². The van der Waals surface area contributed by atoms with E-state index in [-0.39, 0.29) is 11.3 Å².